The van der Waals surface area contributed by atoms with Gasteiger partial charge in [-0.05, 0) is 56.9 Å². The van der Waals surface area contributed by atoms with Gasteiger partial charge in [0.1, 0.15) is 5.84 Å². The summed E-state index contributed by atoms with van der Waals surface area (Å²) in [5, 5.41) is 15.7. The van der Waals surface area contributed by atoms with Crippen LogP contribution >= 0.6 is 15.9 Å². The minimum Gasteiger partial charge on any atom is -0.384 e. The van der Waals surface area contributed by atoms with E-state index in [-0.39, 0.29) is 5.84 Å². The van der Waals surface area contributed by atoms with Crippen molar-refractivity contribution in [3.05, 3.63) is 130 Å². The Kier molecular flexibility index (Phi) is 7.51. The van der Waals surface area contributed by atoms with Crippen molar-refractivity contribution in [3.63, 3.8) is 0 Å². The lowest BCUT2D eigenvalue weighted by molar-refractivity contribution is 0.694. The van der Waals surface area contributed by atoms with Crippen LogP contribution in [0.1, 0.15) is 16.7 Å². The Morgan fingerprint density at radius 1 is 0.636 bits per heavy atom. The summed E-state index contributed by atoms with van der Waals surface area (Å²) in [4.78, 5) is 0. The third-order valence-electron chi connectivity index (χ3n) is 5.45. The largest absolute Gasteiger partial charge is 0.384 e. The molecule has 0 bridgehead atoms. The Labute approximate surface area is 202 Å². The molecule has 0 aliphatic carbocycles. The maximum absolute atomic E-state index is 7.29. The van der Waals surface area contributed by atoms with Crippen molar-refractivity contribution in [2.75, 3.05) is 0 Å². The quantitative estimate of drug-likeness (QED) is 0.181. The molecule has 0 aliphatic rings. The number of amidine groups is 1. The lowest BCUT2D eigenvalue weighted by Gasteiger charge is -2.07. The van der Waals surface area contributed by atoms with Crippen LogP contribution in [-0.2, 0) is 13.1 Å². The van der Waals surface area contributed by atoms with Gasteiger partial charge in [0.15, 0.2) is 0 Å². The zero-order valence-corrected chi connectivity index (χ0v) is 19.8. The molecule has 0 atom stereocenters. The Hall–Kier alpha value is -3.47. The van der Waals surface area contributed by atoms with Gasteiger partial charge in [-0.25, -0.2) is 0 Å². The first-order valence-corrected chi connectivity index (χ1v) is 11.6. The van der Waals surface area contributed by atoms with Gasteiger partial charge in [-0.15, -0.1) is 0 Å². The standard InChI is InChI=1S/C18H16BrN.C11H10N2/c19-18-9-6-14(7-10-18)12-20-13-15-5-8-16-3-1-2-4-17(16)11-15;12-11(13)10-6-5-8-3-1-2-4-9(8)7-10/h1-11,20H,12-13H2;1-7H,(H3,12,13). The van der Waals surface area contributed by atoms with Crippen molar-refractivity contribution in [1.82, 2.24) is 5.32 Å². The van der Waals surface area contributed by atoms with Crippen LogP contribution in [0.3, 0.4) is 0 Å². The van der Waals surface area contributed by atoms with Gasteiger partial charge in [-0.3, -0.25) is 5.41 Å². The Bertz CT molecular complexity index is 1380. The fraction of sp³-hybridized carbons (Fsp3) is 0.0690. The number of fused-ring (bicyclic) bond motifs is 2. The smallest absolute Gasteiger partial charge is 0.122 e. The second-order valence-electron chi connectivity index (χ2n) is 7.89. The van der Waals surface area contributed by atoms with Crippen LogP contribution in [0.4, 0.5) is 0 Å². The summed E-state index contributed by atoms with van der Waals surface area (Å²) in [7, 11) is 0. The highest BCUT2D eigenvalue weighted by atomic mass is 79.9. The van der Waals surface area contributed by atoms with E-state index in [0.29, 0.717) is 0 Å². The molecule has 5 aromatic carbocycles. The minimum atomic E-state index is 0.116. The first-order valence-electron chi connectivity index (χ1n) is 10.8. The van der Waals surface area contributed by atoms with Gasteiger partial charge in [0, 0.05) is 23.1 Å². The summed E-state index contributed by atoms with van der Waals surface area (Å²) in [6, 6.07) is 37.3. The highest BCUT2D eigenvalue weighted by molar-refractivity contribution is 9.10. The van der Waals surface area contributed by atoms with Gasteiger partial charge < -0.3 is 11.1 Å². The first kappa shape index (κ1) is 22.7. The molecule has 4 heteroatoms. The Balaban J connectivity index is 0.000000172. The molecule has 164 valence electrons. The fourth-order valence-electron chi connectivity index (χ4n) is 3.66. The van der Waals surface area contributed by atoms with E-state index in [2.05, 4.69) is 88.0 Å². The van der Waals surface area contributed by atoms with Crippen molar-refractivity contribution >= 4 is 43.3 Å². The van der Waals surface area contributed by atoms with Gasteiger partial charge in [0.2, 0.25) is 0 Å². The molecule has 0 aromatic heterocycles. The molecular weight excluding hydrogens is 470 g/mol. The van der Waals surface area contributed by atoms with E-state index in [0.717, 1.165) is 28.5 Å². The van der Waals surface area contributed by atoms with Gasteiger partial charge >= 0.3 is 0 Å². The van der Waals surface area contributed by atoms with E-state index in [4.69, 9.17) is 11.1 Å². The average Bonchev–Trinajstić information content (AvgIpc) is 2.85. The fourth-order valence-corrected chi connectivity index (χ4v) is 3.92. The van der Waals surface area contributed by atoms with Crippen molar-refractivity contribution in [3.8, 4) is 0 Å². The molecule has 5 aromatic rings. The number of hydrogen-bond acceptors (Lipinski definition) is 2. The summed E-state index contributed by atoms with van der Waals surface area (Å²) in [5.74, 6) is 0.116. The van der Waals surface area contributed by atoms with Crippen molar-refractivity contribution in [2.24, 2.45) is 5.73 Å². The molecule has 5 rings (SSSR count). The van der Waals surface area contributed by atoms with Crippen LogP contribution in [0.5, 0.6) is 0 Å². The molecule has 3 nitrogen and oxygen atoms in total. The monoisotopic (exact) mass is 495 g/mol. The highest BCUT2D eigenvalue weighted by Gasteiger charge is 1.98. The normalized spacial score (nSPS) is 10.6. The molecule has 0 unspecified atom stereocenters. The molecule has 0 spiro atoms. The second-order valence-corrected chi connectivity index (χ2v) is 8.80. The molecule has 0 saturated carbocycles. The zero-order chi connectivity index (χ0) is 23.0. The molecule has 4 N–H and O–H groups in total. The summed E-state index contributed by atoms with van der Waals surface area (Å²) in [6.07, 6.45) is 0. The molecular formula is C29H26BrN3. The third-order valence-corrected chi connectivity index (χ3v) is 5.97. The number of benzene rings is 5. The number of rotatable bonds is 5. The third kappa shape index (κ3) is 6.28. The summed E-state index contributed by atoms with van der Waals surface area (Å²) < 4.78 is 1.12. The highest BCUT2D eigenvalue weighted by Crippen LogP contribution is 2.16. The van der Waals surface area contributed by atoms with Crippen LogP contribution < -0.4 is 11.1 Å². The summed E-state index contributed by atoms with van der Waals surface area (Å²) >= 11 is 3.45. The topological polar surface area (TPSA) is 61.9 Å². The molecule has 0 heterocycles. The van der Waals surface area contributed by atoms with Crippen molar-refractivity contribution in [2.45, 2.75) is 13.1 Å². The zero-order valence-electron chi connectivity index (χ0n) is 18.3. The van der Waals surface area contributed by atoms with Crippen LogP contribution in [0.2, 0.25) is 0 Å². The van der Waals surface area contributed by atoms with Crippen LogP contribution in [0.15, 0.2) is 114 Å². The van der Waals surface area contributed by atoms with Crippen molar-refractivity contribution < 1.29 is 0 Å². The van der Waals surface area contributed by atoms with Crippen LogP contribution in [-0.4, -0.2) is 5.84 Å². The van der Waals surface area contributed by atoms with Gasteiger partial charge in [-0.2, -0.15) is 0 Å². The van der Waals surface area contributed by atoms with Gasteiger partial charge in [0.25, 0.3) is 0 Å². The van der Waals surface area contributed by atoms with Crippen molar-refractivity contribution in [1.29, 1.82) is 5.41 Å². The van der Waals surface area contributed by atoms with Gasteiger partial charge in [0.05, 0.1) is 0 Å². The number of hydrogen-bond donors (Lipinski definition) is 3. The minimum absolute atomic E-state index is 0.116. The van der Waals surface area contributed by atoms with E-state index >= 15 is 0 Å². The van der Waals surface area contributed by atoms with Crippen LogP contribution in [0.25, 0.3) is 21.5 Å². The number of nitrogens with two attached hydrogens (primary N) is 1. The van der Waals surface area contributed by atoms with Crippen LogP contribution in [0, 0.1) is 5.41 Å². The number of nitrogens with one attached hydrogen (secondary N) is 2. The summed E-state index contributed by atoms with van der Waals surface area (Å²) in [6.45, 7) is 1.78. The average molecular weight is 496 g/mol. The van der Waals surface area contributed by atoms with E-state index in [1.54, 1.807) is 0 Å². The molecule has 0 aliphatic heterocycles. The number of nitrogen functional groups attached to an aromatic ring is 1. The Morgan fingerprint density at radius 2 is 1.15 bits per heavy atom. The maximum atomic E-state index is 7.29. The maximum Gasteiger partial charge on any atom is 0.122 e. The molecule has 0 fully saturated rings. The van der Waals surface area contributed by atoms with Gasteiger partial charge in [-0.1, -0.05) is 101 Å². The first-order chi connectivity index (χ1) is 16.1. The predicted octanol–water partition coefficient (Wildman–Crippen LogP) is 7.02. The number of halogens is 1. The summed E-state index contributed by atoms with van der Waals surface area (Å²) in [5.41, 5.74) is 8.78. The SMILES string of the molecule is Brc1ccc(CNCc2ccc3ccccc3c2)cc1.N=C(N)c1ccc2ccccc2c1. The lowest BCUT2D eigenvalue weighted by atomic mass is 10.1. The second kappa shape index (κ2) is 10.9. The van der Waals surface area contributed by atoms with E-state index < -0.39 is 0 Å². The van der Waals surface area contributed by atoms with E-state index in [1.165, 1.54) is 27.3 Å². The predicted molar refractivity (Wildman–Crippen MR) is 144 cm³/mol. The molecule has 33 heavy (non-hydrogen) atoms. The molecule has 0 saturated heterocycles. The van der Waals surface area contributed by atoms with E-state index in [1.807, 2.05) is 42.5 Å². The van der Waals surface area contributed by atoms with E-state index in [9.17, 15) is 0 Å². The molecule has 0 amide bonds. The molecule has 0 radical (unpaired) electrons. The lowest BCUT2D eigenvalue weighted by Crippen LogP contribution is -2.12. The Morgan fingerprint density at radius 3 is 1.79 bits per heavy atom.